The Hall–Kier alpha value is -2.42. The van der Waals surface area contributed by atoms with Crippen molar-refractivity contribution in [3.05, 3.63) is 29.8 Å². The predicted molar refractivity (Wildman–Crippen MR) is 122 cm³/mol. The number of carbonyl (C=O) groups is 2. The zero-order chi connectivity index (χ0) is 24.3. The summed E-state index contributed by atoms with van der Waals surface area (Å²) in [5, 5.41) is 12.5. The number of nitrogens with one attached hydrogen (secondary N) is 1. The molecule has 0 spiro atoms. The third-order valence-corrected chi connectivity index (χ3v) is 8.69. The van der Waals surface area contributed by atoms with Crippen LogP contribution in [0, 0.1) is 29.4 Å². The van der Waals surface area contributed by atoms with Crippen LogP contribution in [0.1, 0.15) is 46.0 Å². The Bertz CT molecular complexity index is 963. The molecule has 1 heterocycles. The summed E-state index contributed by atoms with van der Waals surface area (Å²) in [7, 11) is 0. The minimum absolute atomic E-state index is 0.0282. The molecule has 186 valence electrons. The number of nitrogens with zero attached hydrogens (tertiary/aromatic N) is 2. The van der Waals surface area contributed by atoms with Gasteiger partial charge in [-0.2, -0.15) is 0 Å². The first-order valence-electron chi connectivity index (χ1n) is 12.2. The molecule has 1 amide bonds. The lowest BCUT2D eigenvalue weighted by Crippen LogP contribution is -2.66. The Morgan fingerprint density at radius 3 is 2.32 bits per heavy atom. The first-order valence-corrected chi connectivity index (χ1v) is 12.2. The number of benzene rings is 1. The summed E-state index contributed by atoms with van der Waals surface area (Å²) in [4.78, 5) is 28.7. The molecule has 2 unspecified atom stereocenters. The molecular formula is C25H33F2N3O4. The molecule has 1 aliphatic heterocycles. The second-order valence-corrected chi connectivity index (χ2v) is 11.1. The maximum Gasteiger partial charge on any atom is 0.506 e. The standard InChI is InChI=1S/C25H33F2N3O4/c1-24(2,30-7-5-29(6-8-30)20-4-3-18(26)11-19(20)27)22(31)28-21-16-9-15-10-17(21)14-25(12-15,13-16)34-23(32)33/h3-4,11,15-17,21H,5-10,12-14H2,1-2H3,(H,28,31)(H,32,33). The Morgan fingerprint density at radius 2 is 1.74 bits per heavy atom. The van der Waals surface area contributed by atoms with E-state index in [1.54, 1.807) is 0 Å². The Balaban J connectivity index is 1.21. The van der Waals surface area contributed by atoms with Gasteiger partial charge in [-0.15, -0.1) is 0 Å². The van der Waals surface area contributed by atoms with Gasteiger partial charge in [-0.25, -0.2) is 13.6 Å². The number of rotatable bonds is 5. The van der Waals surface area contributed by atoms with Crippen LogP contribution in [0.5, 0.6) is 0 Å². The van der Waals surface area contributed by atoms with Gasteiger partial charge in [0.25, 0.3) is 0 Å². The third-order valence-electron chi connectivity index (χ3n) is 8.69. The molecule has 5 aliphatic rings. The monoisotopic (exact) mass is 477 g/mol. The second-order valence-electron chi connectivity index (χ2n) is 11.1. The second kappa shape index (κ2) is 8.36. The topological polar surface area (TPSA) is 82.1 Å². The van der Waals surface area contributed by atoms with E-state index in [0.717, 1.165) is 25.3 Å². The SMILES string of the molecule is CC(C)(C(=O)NC1C2CC3CC1CC(OC(=O)O)(C3)C2)N1CCN(c2ccc(F)cc2F)CC1. The van der Waals surface area contributed by atoms with Crippen LogP contribution in [0.3, 0.4) is 0 Å². The highest BCUT2D eigenvalue weighted by molar-refractivity contribution is 5.85. The van der Waals surface area contributed by atoms with E-state index < -0.39 is 28.9 Å². The summed E-state index contributed by atoms with van der Waals surface area (Å²) < 4.78 is 32.8. The summed E-state index contributed by atoms with van der Waals surface area (Å²) in [6.07, 6.45) is 2.97. The summed E-state index contributed by atoms with van der Waals surface area (Å²) in [6.45, 7) is 6.11. The smallest absolute Gasteiger partial charge is 0.450 e. The minimum Gasteiger partial charge on any atom is -0.450 e. The van der Waals surface area contributed by atoms with Crippen LogP contribution >= 0.6 is 0 Å². The summed E-state index contributed by atoms with van der Waals surface area (Å²) in [5.74, 6) is -0.246. The zero-order valence-electron chi connectivity index (χ0n) is 19.7. The molecule has 4 saturated carbocycles. The first kappa shape index (κ1) is 23.3. The normalized spacial score (nSPS) is 33.1. The van der Waals surface area contributed by atoms with Gasteiger partial charge in [-0.3, -0.25) is 9.69 Å². The van der Waals surface area contributed by atoms with Gasteiger partial charge in [0.05, 0.1) is 11.2 Å². The third kappa shape index (κ3) is 4.12. The van der Waals surface area contributed by atoms with Gasteiger partial charge in [-0.05, 0) is 75.8 Å². The number of hydrogen-bond donors (Lipinski definition) is 2. The maximum absolute atomic E-state index is 14.2. The number of piperazine rings is 1. The number of anilines is 1. The van der Waals surface area contributed by atoms with E-state index in [1.165, 1.54) is 12.1 Å². The Morgan fingerprint density at radius 1 is 1.09 bits per heavy atom. The fraction of sp³-hybridized carbons (Fsp3) is 0.680. The van der Waals surface area contributed by atoms with Crippen molar-refractivity contribution in [3.8, 4) is 0 Å². The van der Waals surface area contributed by atoms with Crippen molar-refractivity contribution in [2.45, 2.75) is 63.1 Å². The number of hydrogen-bond acceptors (Lipinski definition) is 5. The number of carboxylic acid groups (broad SMARTS) is 1. The number of amides is 1. The highest BCUT2D eigenvalue weighted by Gasteiger charge is 2.58. The van der Waals surface area contributed by atoms with E-state index in [1.807, 2.05) is 18.7 Å². The minimum atomic E-state index is -1.21. The molecule has 2 atom stereocenters. The fourth-order valence-corrected chi connectivity index (χ4v) is 7.21. The molecule has 9 heteroatoms. The van der Waals surface area contributed by atoms with Gasteiger partial charge in [0.15, 0.2) is 0 Å². The molecular weight excluding hydrogens is 444 g/mol. The molecule has 1 aromatic rings. The van der Waals surface area contributed by atoms with Gasteiger partial charge in [0, 0.05) is 38.3 Å². The van der Waals surface area contributed by atoms with E-state index in [9.17, 15) is 23.5 Å². The van der Waals surface area contributed by atoms with Crippen molar-refractivity contribution in [2.75, 3.05) is 31.1 Å². The van der Waals surface area contributed by atoms with Crippen LogP contribution in [-0.4, -0.2) is 65.4 Å². The molecule has 34 heavy (non-hydrogen) atoms. The van der Waals surface area contributed by atoms with Crippen LogP contribution < -0.4 is 10.2 Å². The summed E-state index contributed by atoms with van der Waals surface area (Å²) in [5.41, 5.74) is -0.933. The van der Waals surface area contributed by atoms with Crippen LogP contribution in [0.2, 0.25) is 0 Å². The number of ether oxygens (including phenoxy) is 1. The fourth-order valence-electron chi connectivity index (χ4n) is 7.21. The molecule has 6 rings (SSSR count). The lowest BCUT2D eigenvalue weighted by molar-refractivity contribution is -0.157. The molecule has 0 aromatic heterocycles. The van der Waals surface area contributed by atoms with E-state index in [0.29, 0.717) is 50.6 Å². The van der Waals surface area contributed by atoms with Crippen LogP contribution in [-0.2, 0) is 9.53 Å². The van der Waals surface area contributed by atoms with E-state index in [4.69, 9.17) is 4.74 Å². The van der Waals surface area contributed by atoms with Crippen LogP contribution in [0.25, 0.3) is 0 Å². The first-order chi connectivity index (χ1) is 16.1. The quantitative estimate of drug-likeness (QED) is 0.631. The highest BCUT2D eigenvalue weighted by atomic mass is 19.1. The van der Waals surface area contributed by atoms with Crippen molar-refractivity contribution in [1.82, 2.24) is 10.2 Å². The number of halogens is 2. The molecule has 1 saturated heterocycles. The van der Waals surface area contributed by atoms with Crippen molar-refractivity contribution in [3.63, 3.8) is 0 Å². The lowest BCUT2D eigenvalue weighted by Gasteiger charge is -2.59. The van der Waals surface area contributed by atoms with Crippen LogP contribution in [0.4, 0.5) is 19.3 Å². The molecule has 4 bridgehead atoms. The lowest BCUT2D eigenvalue weighted by atomic mass is 9.52. The Kier molecular flexibility index (Phi) is 5.73. The van der Waals surface area contributed by atoms with Crippen molar-refractivity contribution in [1.29, 1.82) is 0 Å². The molecule has 1 aromatic carbocycles. The van der Waals surface area contributed by atoms with Gasteiger partial charge in [0.1, 0.15) is 17.2 Å². The van der Waals surface area contributed by atoms with E-state index in [2.05, 4.69) is 10.2 Å². The molecule has 2 N–H and O–H groups in total. The predicted octanol–water partition coefficient (Wildman–Crippen LogP) is 3.62. The maximum atomic E-state index is 14.2. The Labute approximate surface area is 198 Å². The molecule has 4 aliphatic carbocycles. The van der Waals surface area contributed by atoms with Gasteiger partial charge < -0.3 is 20.1 Å². The van der Waals surface area contributed by atoms with Crippen LogP contribution in [0.15, 0.2) is 18.2 Å². The van der Waals surface area contributed by atoms with Gasteiger partial charge >= 0.3 is 6.16 Å². The summed E-state index contributed by atoms with van der Waals surface area (Å²) >= 11 is 0. The van der Waals surface area contributed by atoms with Crippen molar-refractivity contribution >= 4 is 17.7 Å². The van der Waals surface area contributed by atoms with E-state index >= 15 is 0 Å². The molecule has 7 nitrogen and oxygen atoms in total. The average Bonchev–Trinajstić information content (AvgIpc) is 2.75. The van der Waals surface area contributed by atoms with Crippen molar-refractivity contribution < 1.29 is 28.2 Å². The molecule has 5 fully saturated rings. The largest absolute Gasteiger partial charge is 0.506 e. The van der Waals surface area contributed by atoms with E-state index in [-0.39, 0.29) is 23.8 Å². The number of carbonyl (C=O) groups excluding carboxylic acids is 1. The van der Waals surface area contributed by atoms with Gasteiger partial charge in [-0.1, -0.05) is 0 Å². The van der Waals surface area contributed by atoms with Crippen molar-refractivity contribution in [2.24, 2.45) is 17.8 Å². The van der Waals surface area contributed by atoms with Gasteiger partial charge in [0.2, 0.25) is 5.91 Å². The highest BCUT2D eigenvalue weighted by Crippen LogP contribution is 2.57. The molecule has 0 radical (unpaired) electrons. The summed E-state index contributed by atoms with van der Waals surface area (Å²) in [6, 6.07) is 3.67. The zero-order valence-corrected chi connectivity index (χ0v) is 19.7. The average molecular weight is 478 g/mol.